The lowest BCUT2D eigenvalue weighted by Crippen LogP contribution is -2.36. The highest BCUT2D eigenvalue weighted by Crippen LogP contribution is 2.31. The maximum atomic E-state index is 12.5. The molecule has 2 aromatic carbocycles. The van der Waals surface area contributed by atoms with E-state index in [1.165, 1.54) is 0 Å². The van der Waals surface area contributed by atoms with E-state index in [4.69, 9.17) is 0 Å². The number of hydrogen-bond acceptors (Lipinski definition) is 3. The van der Waals surface area contributed by atoms with Gasteiger partial charge in [-0.2, -0.15) is 0 Å². The van der Waals surface area contributed by atoms with Crippen molar-refractivity contribution in [3.63, 3.8) is 0 Å². The molecule has 1 aliphatic rings. The summed E-state index contributed by atoms with van der Waals surface area (Å²) in [5.74, 6) is 0.593. The van der Waals surface area contributed by atoms with Gasteiger partial charge in [-0.1, -0.05) is 43.7 Å². The zero-order valence-electron chi connectivity index (χ0n) is 16.7. The summed E-state index contributed by atoms with van der Waals surface area (Å²) in [7, 11) is -3.50. The van der Waals surface area contributed by atoms with Crippen LogP contribution in [0, 0.1) is 12.8 Å². The molecule has 3 rings (SSSR count). The molecule has 1 N–H and O–H groups in total. The van der Waals surface area contributed by atoms with E-state index in [0.717, 1.165) is 28.8 Å². The molecule has 28 heavy (non-hydrogen) atoms. The fourth-order valence-electron chi connectivity index (χ4n) is 3.38. The summed E-state index contributed by atoms with van der Waals surface area (Å²) < 4.78 is 27.8. The number of benzene rings is 2. The Bertz CT molecular complexity index is 950. The topological polar surface area (TPSA) is 66.5 Å². The maximum Gasteiger partial charge on any atom is 0.236 e. The first-order valence-corrected chi connectivity index (χ1v) is 11.4. The zero-order chi connectivity index (χ0) is 20.3. The molecule has 2 aromatic rings. The summed E-state index contributed by atoms with van der Waals surface area (Å²) >= 11 is 0. The number of anilines is 2. The van der Waals surface area contributed by atoms with Gasteiger partial charge in [0.2, 0.25) is 15.9 Å². The normalized spacial score (nSPS) is 14.3. The Labute approximate surface area is 167 Å². The molecule has 1 aliphatic heterocycles. The molecular formula is C22H28N2O3S. The van der Waals surface area contributed by atoms with E-state index in [1.54, 1.807) is 6.07 Å². The molecule has 0 aliphatic carbocycles. The van der Waals surface area contributed by atoms with Crippen molar-refractivity contribution in [2.75, 3.05) is 16.2 Å². The highest BCUT2D eigenvalue weighted by atomic mass is 32.2. The van der Waals surface area contributed by atoms with Crippen LogP contribution < -0.4 is 9.62 Å². The van der Waals surface area contributed by atoms with Crippen molar-refractivity contribution in [3.8, 4) is 0 Å². The third-order valence-electron chi connectivity index (χ3n) is 4.96. The molecule has 1 heterocycles. The van der Waals surface area contributed by atoms with Gasteiger partial charge in [-0.15, -0.1) is 0 Å². The second-order valence-corrected chi connectivity index (χ2v) is 9.64. The van der Waals surface area contributed by atoms with Crippen molar-refractivity contribution < 1.29 is 13.2 Å². The van der Waals surface area contributed by atoms with Crippen molar-refractivity contribution in [1.29, 1.82) is 0 Å². The largest absolute Gasteiger partial charge is 0.312 e. The quantitative estimate of drug-likeness (QED) is 0.755. The van der Waals surface area contributed by atoms with Crippen LogP contribution in [-0.4, -0.2) is 20.9 Å². The molecule has 0 saturated carbocycles. The molecule has 0 bridgehead atoms. The Morgan fingerprint density at radius 3 is 2.46 bits per heavy atom. The Kier molecular flexibility index (Phi) is 6.08. The number of aryl methyl sites for hydroxylation is 2. The molecular weight excluding hydrogens is 372 g/mol. The number of carbonyl (C=O) groups is 1. The summed E-state index contributed by atoms with van der Waals surface area (Å²) in [5, 5.41) is 0. The SMILES string of the molecule is Cc1ccc(CS(=O)(=O)Nc2ccc3c(c2)CCC(=O)N3CCC(C)C)cc1. The van der Waals surface area contributed by atoms with Crippen LogP contribution in [-0.2, 0) is 27.0 Å². The van der Waals surface area contributed by atoms with Crippen LogP contribution in [0.25, 0.3) is 0 Å². The van der Waals surface area contributed by atoms with Gasteiger partial charge in [-0.25, -0.2) is 8.42 Å². The number of rotatable bonds is 7. The van der Waals surface area contributed by atoms with E-state index in [9.17, 15) is 13.2 Å². The average molecular weight is 401 g/mol. The van der Waals surface area contributed by atoms with E-state index in [2.05, 4.69) is 18.6 Å². The van der Waals surface area contributed by atoms with E-state index in [1.807, 2.05) is 48.2 Å². The monoisotopic (exact) mass is 400 g/mol. The average Bonchev–Trinajstić information content (AvgIpc) is 2.62. The van der Waals surface area contributed by atoms with Gasteiger partial charge in [0.05, 0.1) is 5.75 Å². The summed E-state index contributed by atoms with van der Waals surface area (Å²) in [5.41, 5.74) is 4.31. The minimum Gasteiger partial charge on any atom is -0.312 e. The first kappa shape index (κ1) is 20.4. The fraction of sp³-hybridized carbons (Fsp3) is 0.409. The standard InChI is InChI=1S/C22H28N2O3S/c1-16(2)12-13-24-21-10-9-20(14-19(21)8-11-22(24)25)23-28(26,27)15-18-6-4-17(3)5-7-18/h4-7,9-10,14,16,23H,8,11-13,15H2,1-3H3. The molecule has 0 aromatic heterocycles. The van der Waals surface area contributed by atoms with Crippen LogP contribution in [0.5, 0.6) is 0 Å². The first-order valence-electron chi connectivity index (χ1n) is 9.73. The molecule has 6 heteroatoms. The Hall–Kier alpha value is -2.34. The van der Waals surface area contributed by atoms with Crippen molar-refractivity contribution >= 4 is 27.3 Å². The van der Waals surface area contributed by atoms with Crippen molar-refractivity contribution in [2.24, 2.45) is 5.92 Å². The number of carbonyl (C=O) groups excluding carboxylic acids is 1. The molecule has 0 atom stereocenters. The van der Waals surface area contributed by atoms with E-state index in [0.29, 0.717) is 31.0 Å². The predicted octanol–water partition coefficient (Wildman–Crippen LogP) is 4.26. The van der Waals surface area contributed by atoms with Crippen molar-refractivity contribution in [3.05, 3.63) is 59.2 Å². The minimum absolute atomic E-state index is 0.0661. The van der Waals surface area contributed by atoms with E-state index in [-0.39, 0.29) is 11.7 Å². The van der Waals surface area contributed by atoms with Crippen LogP contribution in [0.1, 0.15) is 43.4 Å². The lowest BCUT2D eigenvalue weighted by atomic mass is 9.99. The van der Waals surface area contributed by atoms with Crippen LogP contribution in [0.3, 0.4) is 0 Å². The third-order valence-corrected chi connectivity index (χ3v) is 6.22. The van der Waals surface area contributed by atoms with Gasteiger partial charge in [0.1, 0.15) is 0 Å². The molecule has 150 valence electrons. The summed E-state index contributed by atoms with van der Waals surface area (Å²) in [6.45, 7) is 6.95. The number of amides is 1. The molecule has 0 saturated heterocycles. The highest BCUT2D eigenvalue weighted by Gasteiger charge is 2.24. The number of sulfonamides is 1. The Balaban J connectivity index is 1.75. The van der Waals surface area contributed by atoms with Gasteiger partial charge in [0, 0.05) is 24.3 Å². The number of nitrogens with one attached hydrogen (secondary N) is 1. The number of fused-ring (bicyclic) bond motifs is 1. The number of hydrogen-bond donors (Lipinski definition) is 1. The molecule has 0 radical (unpaired) electrons. The summed E-state index contributed by atoms with van der Waals surface area (Å²) in [6, 6.07) is 12.9. The van der Waals surface area contributed by atoms with Crippen LogP contribution in [0.2, 0.25) is 0 Å². The van der Waals surface area contributed by atoms with E-state index < -0.39 is 10.0 Å². The fourth-order valence-corrected chi connectivity index (χ4v) is 4.56. The molecule has 0 unspecified atom stereocenters. The molecule has 1 amide bonds. The molecule has 0 fully saturated rings. The second-order valence-electron chi connectivity index (χ2n) is 7.92. The van der Waals surface area contributed by atoms with Gasteiger partial charge < -0.3 is 4.90 Å². The first-order chi connectivity index (χ1) is 13.2. The maximum absolute atomic E-state index is 12.5. The predicted molar refractivity (Wildman–Crippen MR) is 114 cm³/mol. The summed E-state index contributed by atoms with van der Waals surface area (Å²) in [4.78, 5) is 14.2. The van der Waals surface area contributed by atoms with Gasteiger partial charge in [0.25, 0.3) is 0 Å². The Morgan fingerprint density at radius 1 is 1.07 bits per heavy atom. The van der Waals surface area contributed by atoms with Crippen molar-refractivity contribution in [2.45, 2.75) is 45.8 Å². The Morgan fingerprint density at radius 2 is 1.79 bits per heavy atom. The third kappa shape index (κ3) is 5.13. The minimum atomic E-state index is -3.50. The molecule has 5 nitrogen and oxygen atoms in total. The van der Waals surface area contributed by atoms with Gasteiger partial charge >= 0.3 is 0 Å². The summed E-state index contributed by atoms with van der Waals surface area (Å²) in [6.07, 6.45) is 2.04. The smallest absolute Gasteiger partial charge is 0.236 e. The highest BCUT2D eigenvalue weighted by molar-refractivity contribution is 7.91. The van der Waals surface area contributed by atoms with Crippen LogP contribution in [0.15, 0.2) is 42.5 Å². The van der Waals surface area contributed by atoms with Gasteiger partial charge in [-0.05, 0) is 55.0 Å². The second kappa shape index (κ2) is 8.35. The van der Waals surface area contributed by atoms with E-state index >= 15 is 0 Å². The van der Waals surface area contributed by atoms with Gasteiger partial charge in [-0.3, -0.25) is 9.52 Å². The van der Waals surface area contributed by atoms with Crippen molar-refractivity contribution in [1.82, 2.24) is 0 Å². The lowest BCUT2D eigenvalue weighted by molar-refractivity contribution is -0.118. The van der Waals surface area contributed by atoms with Crippen LogP contribution >= 0.6 is 0 Å². The van der Waals surface area contributed by atoms with Crippen LogP contribution in [0.4, 0.5) is 11.4 Å². The molecule has 0 spiro atoms. The lowest BCUT2D eigenvalue weighted by Gasteiger charge is -2.30. The number of nitrogens with zero attached hydrogens (tertiary/aromatic N) is 1. The zero-order valence-corrected chi connectivity index (χ0v) is 17.6. The van der Waals surface area contributed by atoms with Gasteiger partial charge in [0.15, 0.2) is 0 Å².